The van der Waals surface area contributed by atoms with Crippen molar-refractivity contribution in [1.29, 1.82) is 0 Å². The van der Waals surface area contributed by atoms with Gasteiger partial charge in [-0.05, 0) is 38.0 Å². The van der Waals surface area contributed by atoms with Gasteiger partial charge in [0.25, 0.3) is 0 Å². The summed E-state index contributed by atoms with van der Waals surface area (Å²) in [6, 6.07) is 0. The highest BCUT2D eigenvalue weighted by molar-refractivity contribution is 8.88. The van der Waals surface area contributed by atoms with E-state index >= 15 is 0 Å². The average molecular weight is 459 g/mol. The molecule has 0 saturated heterocycles. The van der Waals surface area contributed by atoms with Crippen LogP contribution in [0.1, 0.15) is 6.92 Å². The minimum atomic E-state index is -1.36. The van der Waals surface area contributed by atoms with Gasteiger partial charge in [0.1, 0.15) is 0 Å². The zero-order chi connectivity index (χ0) is 17.8. The zero-order valence-corrected chi connectivity index (χ0v) is 22.1. The molecule has 130 valence electrons. The smallest absolute Gasteiger partial charge is 0.00277 e. The molecule has 0 radical (unpaired) electrons. The molecule has 0 saturated carbocycles. The summed E-state index contributed by atoms with van der Waals surface area (Å²) in [7, 11) is 17.1. The van der Waals surface area contributed by atoms with Crippen molar-refractivity contribution in [3.05, 3.63) is 60.6 Å². The number of allylic oxidation sites excluding steroid dienone is 8. The molecule has 0 fully saturated rings. The molecule has 23 heavy (non-hydrogen) atoms. The van der Waals surface area contributed by atoms with Crippen molar-refractivity contribution in [2.75, 3.05) is 7.05 Å². The molecule has 0 heterocycles. The molecule has 1 N–H and O–H groups in total. The van der Waals surface area contributed by atoms with Crippen molar-refractivity contribution in [3.63, 3.8) is 0 Å². The van der Waals surface area contributed by atoms with E-state index < -0.39 is 12.5 Å². The lowest BCUT2D eigenvalue weighted by molar-refractivity contribution is 1.10. The topological polar surface area (TPSA) is 12.0 Å². The Morgan fingerprint density at radius 1 is 0.870 bits per heavy atom. The van der Waals surface area contributed by atoms with Crippen LogP contribution in [0.15, 0.2) is 60.6 Å². The van der Waals surface area contributed by atoms with E-state index in [1.807, 2.05) is 38.4 Å². The Labute approximate surface area is 155 Å². The van der Waals surface area contributed by atoms with E-state index in [0.29, 0.717) is 0 Å². The summed E-state index contributed by atoms with van der Waals surface area (Å²) < 4.78 is 0. The van der Waals surface area contributed by atoms with Crippen LogP contribution < -0.4 is 5.32 Å². The normalized spacial score (nSPS) is 16.3. The van der Waals surface area contributed by atoms with Gasteiger partial charge < -0.3 is 5.32 Å². The van der Waals surface area contributed by atoms with Crippen molar-refractivity contribution >= 4 is 75.5 Å². The number of hydrogen-bond donors (Lipinski definition) is 1. The van der Waals surface area contributed by atoms with Crippen LogP contribution in [0.5, 0.6) is 0 Å². The van der Waals surface area contributed by atoms with Gasteiger partial charge in [-0.1, -0.05) is 60.4 Å². The van der Waals surface area contributed by atoms with Crippen LogP contribution in [0.2, 0.25) is 0 Å². The molecule has 9 heteroatoms. The van der Waals surface area contributed by atoms with Gasteiger partial charge in [-0.3, -0.25) is 0 Å². The van der Waals surface area contributed by atoms with Crippen LogP contribution in [-0.2, 0) is 0 Å². The fourth-order valence-corrected chi connectivity index (χ4v) is 25.7. The summed E-state index contributed by atoms with van der Waals surface area (Å²) in [5.74, 6) is 4.66. The molecule has 0 aliphatic heterocycles. The van der Waals surface area contributed by atoms with Crippen molar-refractivity contribution < 1.29 is 0 Å². The van der Waals surface area contributed by atoms with Gasteiger partial charge in [0.2, 0.25) is 0 Å². The third-order valence-corrected chi connectivity index (χ3v) is 31.0. The van der Waals surface area contributed by atoms with Crippen LogP contribution in [0.25, 0.3) is 0 Å². The maximum atomic E-state index is 3.12. The monoisotopic (exact) mass is 459 g/mol. The predicted molar refractivity (Wildman–Crippen MR) is 142 cm³/mol. The van der Waals surface area contributed by atoms with E-state index in [-0.39, 0.29) is 6.99 Å². The van der Waals surface area contributed by atoms with Crippen LogP contribution in [-0.4, -0.2) is 18.4 Å². The van der Waals surface area contributed by atoms with E-state index in [1.54, 1.807) is 0 Å². The first-order valence-corrected chi connectivity index (χ1v) is 20.9. The van der Waals surface area contributed by atoms with E-state index in [2.05, 4.69) is 97.5 Å². The highest BCUT2D eigenvalue weighted by Gasteiger charge is 2.15. The Morgan fingerprint density at radius 2 is 1.48 bits per heavy atom. The molecule has 0 aliphatic carbocycles. The molecule has 0 amide bonds. The molecule has 0 bridgehead atoms. The van der Waals surface area contributed by atoms with Crippen LogP contribution in [0, 0.1) is 0 Å². The minimum Gasteiger partial charge on any atom is -0.394 e. The van der Waals surface area contributed by atoms with Crippen molar-refractivity contribution in [3.8, 4) is 0 Å². The summed E-state index contributed by atoms with van der Waals surface area (Å²) >= 11 is 0. The Bertz CT molecular complexity index is 590. The standard InChI is InChI=1S/C14H29NP8/c1-3-4-5-6-10-13-23(20,21(16)17)14-22(18,19)12-9-7-8-11-15-2/h3-15H,16-20H2,1-2H3. The van der Waals surface area contributed by atoms with Gasteiger partial charge in [0, 0.05) is 7.05 Å². The molecular weight excluding hydrogens is 430 g/mol. The summed E-state index contributed by atoms with van der Waals surface area (Å²) in [5, 5.41) is 2.98. The highest BCUT2D eigenvalue weighted by Crippen LogP contribution is 2.92. The molecule has 0 aromatic heterocycles. The lowest BCUT2D eigenvalue weighted by Gasteiger charge is -2.25. The summed E-state index contributed by atoms with van der Waals surface area (Å²) in [4.78, 5) is 0. The molecule has 1 nitrogen and oxygen atoms in total. The fourth-order valence-electron chi connectivity index (χ4n) is 1.38. The van der Waals surface area contributed by atoms with E-state index in [0.717, 1.165) is 0 Å². The minimum absolute atomic E-state index is 0.213. The fraction of sp³-hybridized carbons (Fsp3) is 0.143. The van der Waals surface area contributed by atoms with E-state index in [1.165, 1.54) is 0 Å². The van der Waals surface area contributed by atoms with Crippen LogP contribution >= 0.6 is 64.2 Å². The van der Waals surface area contributed by atoms with Gasteiger partial charge in [-0.2, -0.15) is 0 Å². The van der Waals surface area contributed by atoms with Gasteiger partial charge >= 0.3 is 0 Å². The molecular formula is C14H29NP8. The molecule has 6 unspecified atom stereocenters. The Hall–Kier alpha value is 1.68. The maximum Gasteiger partial charge on any atom is 0.00277 e. The molecule has 0 aromatic rings. The Balaban J connectivity index is 5.47. The SMILES string of the molecule is CC=CC=CC=CP(P)(=CP(P)(P)=CC=CC=CNC)P(P)P. The molecule has 6 atom stereocenters. The molecule has 0 spiro atoms. The average Bonchev–Trinajstić information content (AvgIpc) is 2.46. The molecule has 0 aromatic carbocycles. The van der Waals surface area contributed by atoms with E-state index in [9.17, 15) is 0 Å². The second kappa shape index (κ2) is 13.8. The first-order valence-electron chi connectivity index (χ1n) is 6.89. The lowest BCUT2D eigenvalue weighted by atomic mass is 10.4. The largest absolute Gasteiger partial charge is 0.394 e. The summed E-state index contributed by atoms with van der Waals surface area (Å²) in [5.41, 5.74) is 2.54. The first kappa shape index (κ1) is 24.7. The van der Waals surface area contributed by atoms with Crippen molar-refractivity contribution in [2.45, 2.75) is 6.92 Å². The second-order valence-corrected chi connectivity index (χ2v) is 32.5. The molecule has 0 aliphatic rings. The molecule has 0 rings (SSSR count). The number of hydrogen-bond acceptors (Lipinski definition) is 1. The number of rotatable bonds is 8. The van der Waals surface area contributed by atoms with Gasteiger partial charge in [-0.15, -0.1) is 44.6 Å². The van der Waals surface area contributed by atoms with Crippen molar-refractivity contribution in [2.24, 2.45) is 0 Å². The first-order chi connectivity index (χ1) is 10.8. The lowest BCUT2D eigenvalue weighted by Crippen LogP contribution is -1.89. The van der Waals surface area contributed by atoms with Gasteiger partial charge in [0.05, 0.1) is 0 Å². The Morgan fingerprint density at radius 3 is 2.04 bits per heavy atom. The van der Waals surface area contributed by atoms with E-state index in [4.69, 9.17) is 0 Å². The van der Waals surface area contributed by atoms with Gasteiger partial charge in [0.15, 0.2) is 0 Å². The summed E-state index contributed by atoms with van der Waals surface area (Å²) in [6.45, 7) is 1.81. The Kier molecular flexibility index (Phi) is 14.8. The quantitative estimate of drug-likeness (QED) is 0.309. The maximum absolute atomic E-state index is 3.12. The van der Waals surface area contributed by atoms with Crippen LogP contribution in [0.3, 0.4) is 0 Å². The van der Waals surface area contributed by atoms with Crippen LogP contribution in [0.4, 0.5) is 0 Å². The third-order valence-electron chi connectivity index (χ3n) is 2.47. The highest BCUT2D eigenvalue weighted by atomic mass is 32.8. The predicted octanol–water partition coefficient (Wildman–Crippen LogP) is 6.87. The third kappa shape index (κ3) is 12.6. The summed E-state index contributed by atoms with van der Waals surface area (Å²) in [6.07, 6.45) is 15.8. The van der Waals surface area contributed by atoms with Crippen molar-refractivity contribution in [1.82, 2.24) is 5.32 Å². The second-order valence-electron chi connectivity index (χ2n) is 4.62. The number of nitrogens with one attached hydrogen (secondary N) is 1. The zero-order valence-electron chi connectivity index (χ0n) is 13.7. The van der Waals surface area contributed by atoms with Gasteiger partial charge in [-0.25, -0.2) is 0 Å².